The van der Waals surface area contributed by atoms with E-state index in [0.717, 1.165) is 19.4 Å². The van der Waals surface area contributed by atoms with Crippen LogP contribution in [0.2, 0.25) is 0 Å². The van der Waals surface area contributed by atoms with Crippen molar-refractivity contribution in [2.24, 2.45) is 0 Å². The highest BCUT2D eigenvalue weighted by Gasteiger charge is 2.16. The summed E-state index contributed by atoms with van der Waals surface area (Å²) in [6, 6.07) is 0. The van der Waals surface area contributed by atoms with E-state index in [1.54, 1.807) is 0 Å². The molecular formula is C8H14O4. The van der Waals surface area contributed by atoms with Crippen molar-refractivity contribution in [3.8, 4) is 0 Å². The third kappa shape index (κ3) is 3.19. The second kappa shape index (κ2) is 5.11. The van der Waals surface area contributed by atoms with Crippen LogP contribution in [-0.4, -0.2) is 39.0 Å². The number of hydrogen-bond acceptors (Lipinski definition) is 4. The summed E-state index contributed by atoms with van der Waals surface area (Å²) in [7, 11) is 1.47. The first-order chi connectivity index (χ1) is 5.83. The van der Waals surface area contributed by atoms with Gasteiger partial charge in [0.25, 0.3) is 0 Å². The highest BCUT2D eigenvalue weighted by Crippen LogP contribution is 2.11. The number of hydrogen-bond donors (Lipinski definition) is 0. The molecule has 70 valence electrons. The molecule has 0 aliphatic carbocycles. The van der Waals surface area contributed by atoms with Gasteiger partial charge < -0.3 is 14.2 Å². The van der Waals surface area contributed by atoms with Crippen LogP contribution in [0.1, 0.15) is 12.8 Å². The zero-order chi connectivity index (χ0) is 8.81. The third-order valence-electron chi connectivity index (χ3n) is 1.72. The van der Waals surface area contributed by atoms with E-state index in [4.69, 9.17) is 9.47 Å². The monoisotopic (exact) mass is 174 g/mol. The Morgan fingerprint density at radius 2 is 2.50 bits per heavy atom. The molecule has 0 saturated carbocycles. The van der Waals surface area contributed by atoms with Crippen molar-refractivity contribution in [1.29, 1.82) is 0 Å². The normalized spacial score (nSPS) is 22.6. The molecule has 0 spiro atoms. The molecule has 0 radical (unpaired) electrons. The van der Waals surface area contributed by atoms with Gasteiger partial charge in [-0.25, -0.2) is 4.79 Å². The molecular weight excluding hydrogens is 160 g/mol. The molecule has 0 aromatic heterocycles. The van der Waals surface area contributed by atoms with Gasteiger partial charge in [-0.1, -0.05) is 0 Å². The Hall–Kier alpha value is -0.610. The van der Waals surface area contributed by atoms with E-state index >= 15 is 0 Å². The molecule has 1 atom stereocenters. The highest BCUT2D eigenvalue weighted by molar-refractivity contribution is 5.70. The Labute approximate surface area is 71.8 Å². The zero-order valence-electron chi connectivity index (χ0n) is 7.25. The van der Waals surface area contributed by atoms with Crippen LogP contribution in [0.15, 0.2) is 0 Å². The lowest BCUT2D eigenvalue weighted by atomic mass is 10.2. The predicted octanol–water partition coefficient (Wildman–Crippen LogP) is 0.355. The van der Waals surface area contributed by atoms with E-state index in [1.807, 2.05) is 0 Å². The molecule has 0 aromatic carbocycles. The molecule has 1 heterocycles. The topological polar surface area (TPSA) is 44.8 Å². The van der Waals surface area contributed by atoms with Gasteiger partial charge in [0.15, 0.2) is 0 Å². The van der Waals surface area contributed by atoms with Gasteiger partial charge >= 0.3 is 5.97 Å². The molecule has 0 bridgehead atoms. The Morgan fingerprint density at radius 3 is 3.08 bits per heavy atom. The van der Waals surface area contributed by atoms with E-state index in [0.29, 0.717) is 6.61 Å². The summed E-state index contributed by atoms with van der Waals surface area (Å²) >= 11 is 0. The number of rotatable bonds is 4. The largest absolute Gasteiger partial charge is 0.461 e. The highest BCUT2D eigenvalue weighted by atomic mass is 16.6. The first-order valence-corrected chi connectivity index (χ1v) is 4.09. The fraction of sp³-hybridized carbons (Fsp3) is 0.875. The lowest BCUT2D eigenvalue weighted by Gasteiger charge is -2.09. The maximum absolute atomic E-state index is 10.8. The van der Waals surface area contributed by atoms with E-state index in [9.17, 15) is 4.79 Å². The molecule has 12 heavy (non-hydrogen) atoms. The van der Waals surface area contributed by atoms with Crippen molar-refractivity contribution < 1.29 is 19.0 Å². The quantitative estimate of drug-likeness (QED) is 0.577. The molecule has 1 fully saturated rings. The standard InChI is InChI=1S/C8H14O4/c1-10-6-8(9)12-5-7-3-2-4-11-7/h7H,2-6H2,1H3. The Balaban J connectivity index is 2.03. The van der Waals surface area contributed by atoms with E-state index in [1.165, 1.54) is 7.11 Å². The molecule has 1 saturated heterocycles. The van der Waals surface area contributed by atoms with Crippen LogP contribution in [0.5, 0.6) is 0 Å². The van der Waals surface area contributed by atoms with Gasteiger partial charge in [-0.3, -0.25) is 0 Å². The molecule has 4 nitrogen and oxygen atoms in total. The minimum atomic E-state index is -0.326. The molecule has 4 heteroatoms. The van der Waals surface area contributed by atoms with Crippen LogP contribution in [0.4, 0.5) is 0 Å². The van der Waals surface area contributed by atoms with Gasteiger partial charge in [-0.2, -0.15) is 0 Å². The van der Waals surface area contributed by atoms with Crippen LogP contribution in [-0.2, 0) is 19.0 Å². The number of ether oxygens (including phenoxy) is 3. The molecule has 0 amide bonds. The van der Waals surface area contributed by atoms with Gasteiger partial charge in [0.1, 0.15) is 13.2 Å². The van der Waals surface area contributed by atoms with Crippen molar-refractivity contribution >= 4 is 5.97 Å². The summed E-state index contributed by atoms with van der Waals surface area (Å²) in [5.41, 5.74) is 0. The van der Waals surface area contributed by atoms with Crippen LogP contribution in [0, 0.1) is 0 Å². The fourth-order valence-electron chi connectivity index (χ4n) is 1.12. The number of carbonyl (C=O) groups excluding carboxylic acids is 1. The number of methoxy groups -OCH3 is 1. The minimum absolute atomic E-state index is 0.0206. The fourth-order valence-corrected chi connectivity index (χ4v) is 1.12. The van der Waals surface area contributed by atoms with Crippen molar-refractivity contribution in [2.45, 2.75) is 18.9 Å². The Bertz CT molecular complexity index is 140. The van der Waals surface area contributed by atoms with Gasteiger partial charge in [-0.05, 0) is 12.8 Å². The average molecular weight is 174 g/mol. The molecule has 0 aromatic rings. The van der Waals surface area contributed by atoms with Crippen LogP contribution in [0.3, 0.4) is 0 Å². The summed E-state index contributed by atoms with van der Waals surface area (Å²) in [5.74, 6) is -0.326. The van der Waals surface area contributed by atoms with E-state index in [-0.39, 0.29) is 18.7 Å². The summed E-state index contributed by atoms with van der Waals surface area (Å²) in [5, 5.41) is 0. The van der Waals surface area contributed by atoms with Crippen LogP contribution < -0.4 is 0 Å². The Morgan fingerprint density at radius 1 is 1.67 bits per heavy atom. The number of esters is 1. The maximum atomic E-state index is 10.8. The minimum Gasteiger partial charge on any atom is -0.461 e. The van der Waals surface area contributed by atoms with Crippen molar-refractivity contribution in [1.82, 2.24) is 0 Å². The van der Waals surface area contributed by atoms with E-state index in [2.05, 4.69) is 4.74 Å². The van der Waals surface area contributed by atoms with Crippen molar-refractivity contribution in [3.05, 3.63) is 0 Å². The van der Waals surface area contributed by atoms with Gasteiger partial charge in [-0.15, -0.1) is 0 Å². The lowest BCUT2D eigenvalue weighted by molar-refractivity contribution is -0.151. The predicted molar refractivity (Wildman–Crippen MR) is 41.8 cm³/mol. The van der Waals surface area contributed by atoms with Gasteiger partial charge in [0, 0.05) is 13.7 Å². The third-order valence-corrected chi connectivity index (χ3v) is 1.72. The average Bonchev–Trinajstić information content (AvgIpc) is 2.53. The van der Waals surface area contributed by atoms with E-state index < -0.39 is 0 Å². The SMILES string of the molecule is COCC(=O)OCC1CCCO1. The number of carbonyl (C=O) groups is 1. The first-order valence-electron chi connectivity index (χ1n) is 4.09. The molecule has 1 aliphatic rings. The molecule has 1 rings (SSSR count). The van der Waals surface area contributed by atoms with Crippen molar-refractivity contribution in [3.63, 3.8) is 0 Å². The van der Waals surface area contributed by atoms with Crippen LogP contribution in [0.25, 0.3) is 0 Å². The second-order valence-electron chi connectivity index (χ2n) is 2.75. The summed E-state index contributed by atoms with van der Waals surface area (Å²) in [4.78, 5) is 10.8. The molecule has 0 N–H and O–H groups in total. The first kappa shape index (κ1) is 9.48. The smallest absolute Gasteiger partial charge is 0.332 e. The van der Waals surface area contributed by atoms with Crippen molar-refractivity contribution in [2.75, 3.05) is 26.9 Å². The Kier molecular flexibility index (Phi) is 4.04. The molecule has 1 unspecified atom stereocenters. The summed E-state index contributed by atoms with van der Waals surface area (Å²) < 4.78 is 14.7. The summed E-state index contributed by atoms with van der Waals surface area (Å²) in [6.45, 7) is 1.17. The maximum Gasteiger partial charge on any atom is 0.332 e. The zero-order valence-corrected chi connectivity index (χ0v) is 7.25. The lowest BCUT2D eigenvalue weighted by Crippen LogP contribution is -2.20. The second-order valence-corrected chi connectivity index (χ2v) is 2.75. The molecule has 1 aliphatic heterocycles. The van der Waals surface area contributed by atoms with Gasteiger partial charge in [0.2, 0.25) is 0 Å². The summed E-state index contributed by atoms with van der Waals surface area (Å²) in [6.07, 6.45) is 2.15. The van der Waals surface area contributed by atoms with Gasteiger partial charge in [0.05, 0.1) is 6.10 Å². The van der Waals surface area contributed by atoms with Crippen LogP contribution >= 0.6 is 0 Å².